The molecule has 2 heteroatoms. The van der Waals surface area contributed by atoms with Crippen LogP contribution in [0.1, 0.15) is 50.2 Å². The minimum Gasteiger partial charge on any atom is -0.310 e. The first-order chi connectivity index (χ1) is 8.70. The SMILES string of the molecule is CCC1CCCCC1NCc1ccc(Br)c(C)c1. The number of nitrogens with one attached hydrogen (secondary N) is 1. The summed E-state index contributed by atoms with van der Waals surface area (Å²) in [6.45, 7) is 5.49. The van der Waals surface area contributed by atoms with Gasteiger partial charge in [0.15, 0.2) is 0 Å². The van der Waals surface area contributed by atoms with E-state index in [1.54, 1.807) is 0 Å². The van der Waals surface area contributed by atoms with Crippen LogP contribution in [0.25, 0.3) is 0 Å². The lowest BCUT2D eigenvalue weighted by atomic mass is 9.83. The van der Waals surface area contributed by atoms with Crippen LogP contribution in [0.2, 0.25) is 0 Å². The van der Waals surface area contributed by atoms with Crippen LogP contribution in [0.3, 0.4) is 0 Å². The highest BCUT2D eigenvalue weighted by molar-refractivity contribution is 9.10. The van der Waals surface area contributed by atoms with Crippen molar-refractivity contribution in [1.82, 2.24) is 5.32 Å². The zero-order valence-electron chi connectivity index (χ0n) is 11.5. The van der Waals surface area contributed by atoms with Gasteiger partial charge >= 0.3 is 0 Å². The van der Waals surface area contributed by atoms with Crippen molar-refractivity contribution in [2.24, 2.45) is 5.92 Å². The van der Waals surface area contributed by atoms with E-state index in [2.05, 4.69) is 53.3 Å². The van der Waals surface area contributed by atoms with E-state index < -0.39 is 0 Å². The van der Waals surface area contributed by atoms with Crippen molar-refractivity contribution >= 4 is 15.9 Å². The lowest BCUT2D eigenvalue weighted by Gasteiger charge is -2.31. The fourth-order valence-electron chi connectivity index (χ4n) is 3.03. The van der Waals surface area contributed by atoms with Gasteiger partial charge in [0.05, 0.1) is 0 Å². The molecule has 100 valence electrons. The van der Waals surface area contributed by atoms with Gasteiger partial charge < -0.3 is 5.32 Å². The molecule has 1 aliphatic carbocycles. The van der Waals surface area contributed by atoms with Crippen molar-refractivity contribution in [3.05, 3.63) is 33.8 Å². The number of rotatable bonds is 4. The Morgan fingerprint density at radius 2 is 2.06 bits per heavy atom. The average molecular weight is 310 g/mol. The summed E-state index contributed by atoms with van der Waals surface area (Å²) in [7, 11) is 0. The van der Waals surface area contributed by atoms with E-state index in [9.17, 15) is 0 Å². The Bertz CT molecular complexity index is 389. The number of hydrogen-bond acceptors (Lipinski definition) is 1. The van der Waals surface area contributed by atoms with Gasteiger partial charge in [-0.1, -0.05) is 54.2 Å². The summed E-state index contributed by atoms with van der Waals surface area (Å²) >= 11 is 3.56. The van der Waals surface area contributed by atoms with E-state index in [0.29, 0.717) is 0 Å². The molecule has 0 spiro atoms. The standard InChI is InChI=1S/C16H24BrN/c1-3-14-6-4-5-7-16(14)18-11-13-8-9-15(17)12(2)10-13/h8-10,14,16,18H,3-7,11H2,1-2H3. The fraction of sp³-hybridized carbons (Fsp3) is 0.625. The van der Waals surface area contributed by atoms with Crippen molar-refractivity contribution in [1.29, 1.82) is 0 Å². The predicted molar refractivity (Wildman–Crippen MR) is 81.8 cm³/mol. The second-order valence-electron chi connectivity index (χ2n) is 5.52. The zero-order valence-corrected chi connectivity index (χ0v) is 13.1. The smallest absolute Gasteiger partial charge is 0.0208 e. The lowest BCUT2D eigenvalue weighted by molar-refractivity contribution is 0.254. The molecule has 0 bridgehead atoms. The topological polar surface area (TPSA) is 12.0 Å². The minimum absolute atomic E-state index is 0.729. The van der Waals surface area contributed by atoms with Crippen LogP contribution in [-0.2, 0) is 6.54 Å². The van der Waals surface area contributed by atoms with Gasteiger partial charge in [-0.2, -0.15) is 0 Å². The predicted octanol–water partition coefficient (Wildman–Crippen LogP) is 4.82. The monoisotopic (exact) mass is 309 g/mol. The molecule has 1 fully saturated rings. The Balaban J connectivity index is 1.91. The molecule has 1 aromatic rings. The molecule has 2 unspecified atom stereocenters. The highest BCUT2D eigenvalue weighted by Crippen LogP contribution is 2.27. The third kappa shape index (κ3) is 3.58. The summed E-state index contributed by atoms with van der Waals surface area (Å²) in [5, 5.41) is 3.77. The number of benzene rings is 1. The molecule has 0 radical (unpaired) electrons. The van der Waals surface area contributed by atoms with E-state index in [1.807, 2.05) is 0 Å². The summed E-state index contributed by atoms with van der Waals surface area (Å²) in [5.41, 5.74) is 2.72. The first-order valence-electron chi connectivity index (χ1n) is 7.19. The molecule has 1 aromatic carbocycles. The van der Waals surface area contributed by atoms with Crippen molar-refractivity contribution in [2.75, 3.05) is 0 Å². The largest absolute Gasteiger partial charge is 0.310 e. The number of aryl methyl sites for hydroxylation is 1. The third-order valence-corrected chi connectivity index (χ3v) is 5.11. The summed E-state index contributed by atoms with van der Waals surface area (Å²) in [6.07, 6.45) is 6.90. The van der Waals surface area contributed by atoms with Gasteiger partial charge in [-0.3, -0.25) is 0 Å². The summed E-state index contributed by atoms with van der Waals surface area (Å²) < 4.78 is 1.20. The van der Waals surface area contributed by atoms with E-state index in [4.69, 9.17) is 0 Å². The van der Waals surface area contributed by atoms with Crippen molar-refractivity contribution in [2.45, 2.75) is 58.5 Å². The summed E-state index contributed by atoms with van der Waals surface area (Å²) in [6, 6.07) is 7.38. The molecule has 2 rings (SSSR count). The molecular weight excluding hydrogens is 286 g/mol. The van der Waals surface area contributed by atoms with Gasteiger partial charge in [-0.25, -0.2) is 0 Å². The van der Waals surface area contributed by atoms with Gasteiger partial charge in [-0.15, -0.1) is 0 Å². The fourth-order valence-corrected chi connectivity index (χ4v) is 3.28. The van der Waals surface area contributed by atoms with Gasteiger partial charge in [0, 0.05) is 17.1 Å². The van der Waals surface area contributed by atoms with Gasteiger partial charge in [0.2, 0.25) is 0 Å². The molecule has 1 nitrogen and oxygen atoms in total. The van der Waals surface area contributed by atoms with Gasteiger partial charge in [0.25, 0.3) is 0 Å². The molecule has 0 aliphatic heterocycles. The first-order valence-corrected chi connectivity index (χ1v) is 7.98. The highest BCUT2D eigenvalue weighted by Gasteiger charge is 2.22. The van der Waals surface area contributed by atoms with E-state index in [0.717, 1.165) is 18.5 Å². The molecule has 1 N–H and O–H groups in total. The minimum atomic E-state index is 0.729. The van der Waals surface area contributed by atoms with Crippen molar-refractivity contribution in [3.63, 3.8) is 0 Å². The average Bonchev–Trinajstić information content (AvgIpc) is 2.40. The van der Waals surface area contributed by atoms with Crippen LogP contribution in [0.4, 0.5) is 0 Å². The molecule has 1 aliphatic rings. The Labute approximate surface area is 119 Å². The number of hydrogen-bond donors (Lipinski definition) is 1. The van der Waals surface area contributed by atoms with Crippen LogP contribution in [0.15, 0.2) is 22.7 Å². The maximum Gasteiger partial charge on any atom is 0.0208 e. The van der Waals surface area contributed by atoms with E-state index >= 15 is 0 Å². The maximum absolute atomic E-state index is 3.77. The maximum atomic E-state index is 3.77. The Morgan fingerprint density at radius 3 is 2.78 bits per heavy atom. The van der Waals surface area contributed by atoms with Crippen molar-refractivity contribution in [3.8, 4) is 0 Å². The Morgan fingerprint density at radius 1 is 1.28 bits per heavy atom. The van der Waals surface area contributed by atoms with E-state index in [-0.39, 0.29) is 0 Å². The summed E-state index contributed by atoms with van der Waals surface area (Å²) in [4.78, 5) is 0. The van der Waals surface area contributed by atoms with Crippen molar-refractivity contribution < 1.29 is 0 Å². The molecule has 18 heavy (non-hydrogen) atoms. The van der Waals surface area contributed by atoms with Crippen LogP contribution >= 0.6 is 15.9 Å². The second kappa shape index (κ2) is 6.72. The third-order valence-electron chi connectivity index (χ3n) is 4.22. The second-order valence-corrected chi connectivity index (χ2v) is 6.38. The van der Waals surface area contributed by atoms with Crippen LogP contribution in [-0.4, -0.2) is 6.04 Å². The summed E-state index contributed by atoms with van der Waals surface area (Å²) in [5.74, 6) is 0.885. The molecule has 1 saturated carbocycles. The molecular formula is C16H24BrN. The zero-order chi connectivity index (χ0) is 13.0. The molecule has 0 aromatic heterocycles. The van der Waals surface area contributed by atoms with Crippen LogP contribution in [0, 0.1) is 12.8 Å². The molecule has 0 saturated heterocycles. The molecule has 2 atom stereocenters. The molecule has 0 heterocycles. The Kier molecular flexibility index (Phi) is 5.25. The lowest BCUT2D eigenvalue weighted by Crippen LogP contribution is -2.37. The van der Waals surface area contributed by atoms with Crippen LogP contribution < -0.4 is 5.32 Å². The van der Waals surface area contributed by atoms with Gasteiger partial charge in [0.1, 0.15) is 0 Å². The first kappa shape index (κ1) is 14.1. The quantitative estimate of drug-likeness (QED) is 0.841. The van der Waals surface area contributed by atoms with E-state index in [1.165, 1.54) is 47.7 Å². The molecule has 0 amide bonds. The van der Waals surface area contributed by atoms with Gasteiger partial charge in [-0.05, 0) is 42.9 Å². The Hall–Kier alpha value is -0.340. The number of halogens is 1. The van der Waals surface area contributed by atoms with Crippen LogP contribution in [0.5, 0.6) is 0 Å². The normalized spacial score (nSPS) is 24.2. The highest BCUT2D eigenvalue weighted by atomic mass is 79.9.